The van der Waals surface area contributed by atoms with Crippen molar-refractivity contribution in [3.05, 3.63) is 65.3 Å². The summed E-state index contributed by atoms with van der Waals surface area (Å²) < 4.78 is 19.5. The molecule has 1 unspecified atom stereocenters. The number of halogens is 1. The number of rotatable bonds is 6. The van der Waals surface area contributed by atoms with Gasteiger partial charge >= 0.3 is 0 Å². The van der Waals surface area contributed by atoms with Crippen LogP contribution >= 0.6 is 0 Å². The Morgan fingerprint density at radius 2 is 1.95 bits per heavy atom. The summed E-state index contributed by atoms with van der Waals surface area (Å²) in [6.07, 6.45) is 8.93. The Labute approximate surface area is 236 Å². The molecule has 2 aliphatic rings. The van der Waals surface area contributed by atoms with Gasteiger partial charge < -0.3 is 26.8 Å². The molecule has 0 radical (unpaired) electrons. The zero-order valence-electron chi connectivity index (χ0n) is 23.8. The third kappa shape index (κ3) is 10.3. The summed E-state index contributed by atoms with van der Waals surface area (Å²) in [7, 11) is 6.87. The number of aromatic nitrogens is 1. The minimum Gasteiger partial charge on any atom is -0.391 e. The van der Waals surface area contributed by atoms with Gasteiger partial charge in [0.1, 0.15) is 17.9 Å². The van der Waals surface area contributed by atoms with E-state index in [1.807, 2.05) is 6.07 Å². The fourth-order valence-corrected chi connectivity index (χ4v) is 4.00. The number of likely N-dealkylation sites (N-methyl/N-ethyl adjacent to an activating group) is 1. The lowest BCUT2D eigenvalue weighted by molar-refractivity contribution is -0.105. The van der Waals surface area contributed by atoms with E-state index in [-0.39, 0.29) is 22.7 Å². The van der Waals surface area contributed by atoms with Gasteiger partial charge in [-0.3, -0.25) is 19.6 Å². The Hall–Kier alpha value is -3.91. The molecular weight excluding hydrogens is 511 g/mol. The van der Waals surface area contributed by atoms with Gasteiger partial charge in [-0.05, 0) is 88.0 Å². The lowest BCUT2D eigenvalue weighted by Crippen LogP contribution is -2.28. The van der Waals surface area contributed by atoms with Crippen LogP contribution in [0.15, 0.2) is 53.3 Å². The molecule has 1 saturated carbocycles. The van der Waals surface area contributed by atoms with Crippen molar-refractivity contribution in [2.24, 2.45) is 22.2 Å². The molecule has 4 rings (SSSR count). The first-order valence-electron chi connectivity index (χ1n) is 12.9. The monoisotopic (exact) mass is 552 g/mol. The van der Waals surface area contributed by atoms with Crippen LogP contribution in [0.25, 0.3) is 10.9 Å². The molecular formula is C30H41FN6O3. The quantitative estimate of drug-likeness (QED) is 0.163. The van der Waals surface area contributed by atoms with E-state index in [0.717, 1.165) is 30.4 Å². The predicted octanol–water partition coefficient (Wildman–Crippen LogP) is 2.67. The van der Waals surface area contributed by atoms with Crippen LogP contribution in [0.5, 0.6) is 0 Å². The smallest absolute Gasteiger partial charge is 0.156 e. The molecule has 9 nitrogen and oxygen atoms in total. The number of nitrogens with two attached hydrogens (primary N) is 3. The number of hydrogen-bond acceptors (Lipinski definition) is 8. The highest BCUT2D eigenvalue weighted by molar-refractivity contribution is 6.13. The van der Waals surface area contributed by atoms with Crippen molar-refractivity contribution in [2.45, 2.75) is 37.6 Å². The molecule has 1 atom stereocenters. The van der Waals surface area contributed by atoms with E-state index in [0.29, 0.717) is 30.0 Å². The molecule has 6 N–H and O–H groups in total. The van der Waals surface area contributed by atoms with E-state index in [4.69, 9.17) is 21.0 Å². The van der Waals surface area contributed by atoms with Gasteiger partial charge in [0, 0.05) is 31.8 Å². The van der Waals surface area contributed by atoms with Crippen molar-refractivity contribution >= 4 is 29.3 Å². The lowest BCUT2D eigenvalue weighted by Gasteiger charge is -2.17. The van der Waals surface area contributed by atoms with Crippen molar-refractivity contribution < 1.29 is 18.7 Å². The Morgan fingerprint density at radius 3 is 2.45 bits per heavy atom. The number of aliphatic imine (C=N–C) groups is 1. The molecule has 1 aromatic carbocycles. The second-order valence-corrected chi connectivity index (χ2v) is 8.93. The second kappa shape index (κ2) is 18.4. The summed E-state index contributed by atoms with van der Waals surface area (Å²) in [5.41, 5.74) is 17.7. The van der Waals surface area contributed by atoms with Crippen LogP contribution in [0.2, 0.25) is 0 Å². The van der Waals surface area contributed by atoms with Crippen LogP contribution in [0.3, 0.4) is 0 Å². The third-order valence-corrected chi connectivity index (χ3v) is 6.26. The average Bonchev–Trinajstić information content (AvgIpc) is 3.75. The summed E-state index contributed by atoms with van der Waals surface area (Å²) in [6.45, 7) is 5.25. The first-order valence-corrected chi connectivity index (χ1v) is 12.9. The van der Waals surface area contributed by atoms with Gasteiger partial charge in [-0.15, -0.1) is 0 Å². The van der Waals surface area contributed by atoms with Gasteiger partial charge in [-0.2, -0.15) is 0 Å². The zero-order chi connectivity index (χ0) is 30.1. The molecule has 1 aliphatic heterocycles. The fourth-order valence-electron chi connectivity index (χ4n) is 4.00. The van der Waals surface area contributed by atoms with E-state index < -0.39 is 5.82 Å². The van der Waals surface area contributed by atoms with E-state index in [1.54, 1.807) is 19.4 Å². The van der Waals surface area contributed by atoms with Crippen molar-refractivity contribution in [1.29, 1.82) is 0 Å². The number of nitrogens with zero attached hydrogens (tertiary/aromatic N) is 3. The molecule has 40 heavy (non-hydrogen) atoms. The minimum atomic E-state index is -0.451. The maximum atomic E-state index is 14.4. The molecule has 1 saturated heterocycles. The molecule has 216 valence electrons. The number of carbonyl (C=O) groups excluding carboxylic acids is 2. The Morgan fingerprint density at radius 1 is 1.27 bits per heavy atom. The van der Waals surface area contributed by atoms with Crippen LogP contribution in [0.4, 0.5) is 4.39 Å². The van der Waals surface area contributed by atoms with Crippen LogP contribution < -0.4 is 17.2 Å². The Balaban J connectivity index is 0.000000440. The van der Waals surface area contributed by atoms with Gasteiger partial charge in [-0.1, -0.05) is 12.5 Å². The SMILES string of the molecule is C=CC=O.CN.CN=C(N)/C(C=O)=C(\N)C#Cc1cc2nccc(C3CC3)c2cc1F.COCC1CCCN1C. The van der Waals surface area contributed by atoms with Crippen molar-refractivity contribution in [2.75, 3.05) is 41.4 Å². The van der Waals surface area contributed by atoms with Gasteiger partial charge in [0.2, 0.25) is 0 Å². The number of pyridine rings is 1. The van der Waals surface area contributed by atoms with Crippen LogP contribution in [0.1, 0.15) is 42.7 Å². The number of fused-ring (bicyclic) bond motifs is 1. The van der Waals surface area contributed by atoms with E-state index in [1.165, 1.54) is 45.6 Å². The van der Waals surface area contributed by atoms with Gasteiger partial charge in [-0.25, -0.2) is 4.39 Å². The molecule has 2 aromatic rings. The summed E-state index contributed by atoms with van der Waals surface area (Å²) in [5.74, 6) is 5.24. The molecule has 1 aliphatic carbocycles. The molecule has 0 spiro atoms. The standard InChI is InChI=1S/C19H17FN4O.C7H15NO.C3H4O.CH5N/c1-23-19(22)15(10-25)17(21)5-4-12-8-18-14(9-16(12)20)13(6-7-24-18)11-2-3-11;1-8-5-3-4-7(8)6-9-2;1-2-3-4;1-2/h6-11H,2-3,21H2,1H3,(H2,22,23);7H,3-6H2,1-2H3;2-3H,1H2;2H2,1H3/b17-15-;;;. The summed E-state index contributed by atoms with van der Waals surface area (Å²) in [5, 5.41) is 0.813. The number of hydrogen-bond donors (Lipinski definition) is 3. The minimum absolute atomic E-state index is 0.00894. The molecule has 2 fully saturated rings. The first kappa shape index (κ1) is 34.1. The normalized spacial score (nSPS) is 16.9. The largest absolute Gasteiger partial charge is 0.391 e. The maximum Gasteiger partial charge on any atom is 0.156 e. The zero-order valence-corrected chi connectivity index (χ0v) is 23.8. The van der Waals surface area contributed by atoms with Gasteiger partial charge in [0.25, 0.3) is 0 Å². The number of ether oxygens (including phenoxy) is 1. The molecule has 2 heterocycles. The highest BCUT2D eigenvalue weighted by atomic mass is 19.1. The number of amidine groups is 1. The number of allylic oxidation sites excluding steroid dienone is 2. The number of methoxy groups -OCH3 is 1. The van der Waals surface area contributed by atoms with Gasteiger partial charge in [0.05, 0.1) is 29.0 Å². The van der Waals surface area contributed by atoms with E-state index in [2.05, 4.69) is 46.1 Å². The summed E-state index contributed by atoms with van der Waals surface area (Å²) >= 11 is 0. The molecule has 10 heteroatoms. The van der Waals surface area contributed by atoms with Crippen molar-refractivity contribution in [3.63, 3.8) is 0 Å². The third-order valence-electron chi connectivity index (χ3n) is 6.26. The number of carbonyl (C=O) groups is 2. The highest BCUT2D eigenvalue weighted by Gasteiger charge is 2.25. The van der Waals surface area contributed by atoms with E-state index >= 15 is 0 Å². The maximum absolute atomic E-state index is 14.4. The first-order chi connectivity index (χ1) is 19.3. The molecule has 0 amide bonds. The number of likely N-dealkylation sites (tertiary alicyclic amines) is 1. The molecule has 1 aromatic heterocycles. The lowest BCUT2D eigenvalue weighted by atomic mass is 10.0. The summed E-state index contributed by atoms with van der Waals surface area (Å²) in [4.78, 5) is 30.5. The predicted molar refractivity (Wildman–Crippen MR) is 159 cm³/mol. The topological polar surface area (TPSA) is 150 Å². The van der Waals surface area contributed by atoms with Gasteiger partial charge in [0.15, 0.2) is 6.29 Å². The highest BCUT2D eigenvalue weighted by Crippen LogP contribution is 2.42. The van der Waals surface area contributed by atoms with Crippen molar-refractivity contribution in [1.82, 2.24) is 9.88 Å². The van der Waals surface area contributed by atoms with E-state index in [9.17, 15) is 9.18 Å². The number of aldehydes is 2. The molecule has 0 bridgehead atoms. The fraction of sp³-hybridized carbons (Fsp3) is 0.400. The van der Waals surface area contributed by atoms with Crippen LogP contribution in [0, 0.1) is 17.7 Å². The Bertz CT molecular complexity index is 1260. The summed E-state index contributed by atoms with van der Waals surface area (Å²) in [6, 6.07) is 5.68. The van der Waals surface area contributed by atoms with Crippen LogP contribution in [-0.2, 0) is 14.3 Å². The number of benzene rings is 1. The van der Waals surface area contributed by atoms with Crippen molar-refractivity contribution in [3.8, 4) is 11.8 Å². The average molecular weight is 553 g/mol. The van der Waals surface area contributed by atoms with Crippen LogP contribution in [-0.4, -0.2) is 75.7 Å². The second-order valence-electron chi connectivity index (χ2n) is 8.93. The Kier molecular flexibility index (Phi) is 15.7.